The summed E-state index contributed by atoms with van der Waals surface area (Å²) in [5, 5.41) is 4.64. The van der Waals surface area contributed by atoms with E-state index in [1.165, 1.54) is 24.6 Å². The van der Waals surface area contributed by atoms with Crippen LogP contribution in [0.25, 0.3) is 0 Å². The van der Waals surface area contributed by atoms with Crippen LogP contribution in [-0.4, -0.2) is 53.9 Å². The number of carbonyl (C=O) groups excluding carboxylic acids is 3. The van der Waals surface area contributed by atoms with Crippen LogP contribution >= 0.6 is 0 Å². The van der Waals surface area contributed by atoms with Gasteiger partial charge in [0.05, 0.1) is 5.56 Å². The molecule has 0 unspecified atom stereocenters. The Morgan fingerprint density at radius 2 is 1.91 bits per heavy atom. The maximum absolute atomic E-state index is 14.9. The Morgan fingerprint density at radius 3 is 2.47 bits per heavy atom. The Bertz CT molecular complexity index is 1100. The lowest BCUT2D eigenvalue weighted by molar-refractivity contribution is -0.123. The van der Waals surface area contributed by atoms with Crippen molar-refractivity contribution >= 4 is 23.7 Å². The zero-order valence-electron chi connectivity index (χ0n) is 18.4. The summed E-state index contributed by atoms with van der Waals surface area (Å²) in [4.78, 5) is 44.9. The van der Waals surface area contributed by atoms with E-state index in [9.17, 15) is 18.8 Å². The molecule has 0 bridgehead atoms. The Morgan fingerprint density at radius 1 is 1.19 bits per heavy atom. The van der Waals surface area contributed by atoms with Gasteiger partial charge < -0.3 is 15.1 Å². The van der Waals surface area contributed by atoms with Crippen LogP contribution in [0.5, 0.6) is 0 Å². The van der Waals surface area contributed by atoms with Gasteiger partial charge >= 0.3 is 6.03 Å². The Balaban J connectivity index is 1.45. The predicted molar refractivity (Wildman–Crippen MR) is 117 cm³/mol. The summed E-state index contributed by atoms with van der Waals surface area (Å²) in [6.07, 6.45) is 2.81. The number of imide groups is 1. The van der Waals surface area contributed by atoms with Crippen molar-refractivity contribution in [2.45, 2.75) is 32.7 Å². The van der Waals surface area contributed by atoms with E-state index in [1.807, 2.05) is 13.1 Å². The number of anilines is 1. The number of amides is 4. The molecule has 4 rings (SSSR count). The first-order chi connectivity index (χ1) is 15.2. The van der Waals surface area contributed by atoms with Crippen LogP contribution in [0.1, 0.15) is 40.9 Å². The van der Waals surface area contributed by atoms with Crippen molar-refractivity contribution in [3.63, 3.8) is 0 Å². The molecule has 2 saturated heterocycles. The number of hydrogen-bond acceptors (Lipinski definition) is 5. The van der Waals surface area contributed by atoms with Crippen molar-refractivity contribution in [1.82, 2.24) is 20.5 Å². The molecule has 0 radical (unpaired) electrons. The van der Waals surface area contributed by atoms with Gasteiger partial charge in [-0.3, -0.25) is 14.9 Å². The van der Waals surface area contributed by atoms with Crippen LogP contribution in [0, 0.1) is 12.7 Å². The fraction of sp³-hybridized carbons (Fsp3) is 0.391. The van der Waals surface area contributed by atoms with Gasteiger partial charge in [0.1, 0.15) is 17.2 Å². The van der Waals surface area contributed by atoms with Crippen molar-refractivity contribution < 1.29 is 18.8 Å². The molecule has 32 heavy (non-hydrogen) atoms. The molecule has 3 heterocycles. The third kappa shape index (κ3) is 3.79. The number of hydrogen-bond donors (Lipinski definition) is 2. The molecule has 4 amide bonds. The summed E-state index contributed by atoms with van der Waals surface area (Å²) in [7, 11) is 0. The number of benzene rings is 1. The van der Waals surface area contributed by atoms with Gasteiger partial charge in [-0.2, -0.15) is 0 Å². The summed E-state index contributed by atoms with van der Waals surface area (Å²) >= 11 is 0. The molecule has 0 saturated carbocycles. The van der Waals surface area contributed by atoms with E-state index in [-0.39, 0.29) is 11.1 Å². The largest absolute Gasteiger partial charge is 0.353 e. The fourth-order valence-corrected chi connectivity index (χ4v) is 4.19. The van der Waals surface area contributed by atoms with E-state index >= 15 is 0 Å². The van der Waals surface area contributed by atoms with Crippen LogP contribution in [-0.2, 0) is 16.8 Å². The van der Waals surface area contributed by atoms with E-state index in [0.717, 1.165) is 23.9 Å². The molecule has 2 aliphatic rings. The maximum Gasteiger partial charge on any atom is 0.322 e. The number of nitrogens with one attached hydrogen (secondary N) is 2. The predicted octanol–water partition coefficient (Wildman–Crippen LogP) is 2.11. The molecule has 1 aromatic heterocycles. The molecule has 8 nitrogen and oxygen atoms in total. The summed E-state index contributed by atoms with van der Waals surface area (Å²) in [5.41, 5.74) is 1.13. The smallest absolute Gasteiger partial charge is 0.322 e. The second-order valence-corrected chi connectivity index (χ2v) is 8.34. The first-order valence-corrected chi connectivity index (χ1v) is 10.7. The number of aryl methyl sites for hydroxylation is 2. The zero-order valence-corrected chi connectivity index (χ0v) is 18.4. The topological polar surface area (TPSA) is 94.6 Å². The van der Waals surface area contributed by atoms with Gasteiger partial charge in [-0.05, 0) is 49.1 Å². The average Bonchev–Trinajstić information content (AvgIpc) is 3.05. The van der Waals surface area contributed by atoms with Gasteiger partial charge in [-0.25, -0.2) is 14.2 Å². The normalized spacial score (nSPS) is 20.9. The first kappa shape index (κ1) is 21.7. The number of halogens is 1. The highest BCUT2D eigenvalue weighted by Gasteiger charge is 2.43. The number of piperazine rings is 1. The third-order valence-electron chi connectivity index (χ3n) is 6.20. The average molecular weight is 439 g/mol. The minimum Gasteiger partial charge on any atom is -0.353 e. The lowest BCUT2D eigenvalue weighted by atomic mass is 9.91. The Hall–Kier alpha value is -3.49. The van der Waals surface area contributed by atoms with Gasteiger partial charge in [0.25, 0.3) is 11.8 Å². The number of urea groups is 1. The number of carbonyl (C=O) groups is 3. The first-order valence-electron chi connectivity index (χ1n) is 10.7. The molecular weight excluding hydrogens is 413 g/mol. The highest BCUT2D eigenvalue weighted by molar-refractivity contribution is 6.07. The lowest BCUT2D eigenvalue weighted by Gasteiger charge is -2.36. The summed E-state index contributed by atoms with van der Waals surface area (Å²) in [6.45, 7) is 7.73. The van der Waals surface area contributed by atoms with Gasteiger partial charge in [-0.15, -0.1) is 0 Å². The molecule has 168 valence electrons. The molecule has 2 fully saturated rings. The monoisotopic (exact) mass is 439 g/mol. The minimum atomic E-state index is -1.37. The Labute approximate surface area is 185 Å². The molecule has 0 spiro atoms. The van der Waals surface area contributed by atoms with E-state index in [1.54, 1.807) is 4.90 Å². The molecule has 2 N–H and O–H groups in total. The highest BCUT2D eigenvalue weighted by atomic mass is 19.1. The van der Waals surface area contributed by atoms with Gasteiger partial charge in [-0.1, -0.05) is 19.1 Å². The van der Waals surface area contributed by atoms with Gasteiger partial charge in [0.2, 0.25) is 0 Å². The zero-order chi connectivity index (χ0) is 23.0. The lowest BCUT2D eigenvalue weighted by Crippen LogP contribution is -2.49. The highest BCUT2D eigenvalue weighted by Crippen LogP contribution is 2.27. The van der Waals surface area contributed by atoms with E-state index in [0.29, 0.717) is 26.2 Å². The quantitative estimate of drug-likeness (QED) is 0.712. The van der Waals surface area contributed by atoms with Crippen molar-refractivity contribution in [1.29, 1.82) is 0 Å². The second-order valence-electron chi connectivity index (χ2n) is 8.34. The van der Waals surface area contributed by atoms with E-state index in [4.69, 9.17) is 0 Å². The summed E-state index contributed by atoms with van der Waals surface area (Å²) in [5.74, 6) is -0.773. The number of pyridine rings is 1. The molecule has 9 heteroatoms. The number of nitrogens with zero attached hydrogens (tertiary/aromatic N) is 3. The molecular formula is C23H26FN5O3. The van der Waals surface area contributed by atoms with Crippen molar-refractivity contribution in [3.05, 3.63) is 58.5 Å². The van der Waals surface area contributed by atoms with Crippen LogP contribution < -0.4 is 15.5 Å². The second kappa shape index (κ2) is 8.22. The fourth-order valence-electron chi connectivity index (χ4n) is 4.19. The third-order valence-corrected chi connectivity index (χ3v) is 6.20. The number of rotatable bonds is 4. The molecule has 1 aromatic carbocycles. The van der Waals surface area contributed by atoms with E-state index in [2.05, 4.69) is 33.5 Å². The minimum absolute atomic E-state index is 0.0582. The number of aromatic nitrogens is 1. The van der Waals surface area contributed by atoms with Crippen LogP contribution in [0.2, 0.25) is 0 Å². The van der Waals surface area contributed by atoms with Crippen LogP contribution in [0.3, 0.4) is 0 Å². The summed E-state index contributed by atoms with van der Waals surface area (Å²) in [6, 6.07) is 5.50. The van der Waals surface area contributed by atoms with Crippen molar-refractivity contribution in [2.75, 3.05) is 31.1 Å². The van der Waals surface area contributed by atoms with Crippen LogP contribution in [0.15, 0.2) is 30.5 Å². The molecule has 0 aliphatic carbocycles. The summed E-state index contributed by atoms with van der Waals surface area (Å²) < 4.78 is 14.9. The molecule has 2 aliphatic heterocycles. The molecule has 2 aromatic rings. The Kier molecular flexibility index (Phi) is 5.58. The van der Waals surface area contributed by atoms with Gasteiger partial charge in [0.15, 0.2) is 0 Å². The van der Waals surface area contributed by atoms with E-state index < -0.39 is 29.2 Å². The standard InChI is InChI=1S/C23H26FN5O3/c1-4-15-11-14(2)19(25-13-15)28-7-9-29(10-8-28)20(30)17-6-5-16(12-18(17)24)23(3)21(31)26-22(32)27-23/h5-6,11-13H,4,7-10H2,1-3H3,(H2,26,27,31,32)/t23-/m0/s1. The van der Waals surface area contributed by atoms with Crippen molar-refractivity contribution in [3.8, 4) is 0 Å². The SMILES string of the molecule is CCc1cnc(N2CCN(C(=O)c3ccc([C@]4(C)NC(=O)NC4=O)cc3F)CC2)c(C)c1. The van der Waals surface area contributed by atoms with Crippen LogP contribution in [0.4, 0.5) is 15.0 Å². The maximum atomic E-state index is 14.9. The van der Waals surface area contributed by atoms with Gasteiger partial charge in [0, 0.05) is 32.4 Å². The van der Waals surface area contributed by atoms with Crippen molar-refractivity contribution in [2.24, 2.45) is 0 Å². The molecule has 1 atom stereocenters.